The second kappa shape index (κ2) is 4.42. The number of halogens is 1. The van der Waals surface area contributed by atoms with Crippen LogP contribution in [0.15, 0.2) is 5.38 Å². The van der Waals surface area contributed by atoms with Crippen molar-refractivity contribution in [1.29, 1.82) is 0 Å². The SMILES string of the molecule is CN1C(=O)C(=O)N(Cc2nc(CCl)cs2)C1=O. The normalized spacial score (nSPS) is 16.2. The quantitative estimate of drug-likeness (QED) is 0.464. The van der Waals surface area contributed by atoms with Gasteiger partial charge in [-0.25, -0.2) is 14.7 Å². The van der Waals surface area contributed by atoms with Gasteiger partial charge in [-0.2, -0.15) is 0 Å². The highest BCUT2D eigenvalue weighted by Crippen LogP contribution is 2.18. The molecule has 0 bridgehead atoms. The van der Waals surface area contributed by atoms with Gasteiger partial charge < -0.3 is 0 Å². The molecule has 1 aliphatic heterocycles. The minimum absolute atomic E-state index is 0.00923. The van der Waals surface area contributed by atoms with Crippen LogP contribution < -0.4 is 0 Å². The van der Waals surface area contributed by atoms with E-state index in [-0.39, 0.29) is 12.4 Å². The van der Waals surface area contributed by atoms with E-state index in [1.807, 2.05) is 0 Å². The molecule has 0 aromatic carbocycles. The van der Waals surface area contributed by atoms with Gasteiger partial charge in [0.2, 0.25) is 0 Å². The van der Waals surface area contributed by atoms with Gasteiger partial charge in [-0.05, 0) is 0 Å². The van der Waals surface area contributed by atoms with Crippen LogP contribution in [0.2, 0.25) is 0 Å². The standard InChI is InChI=1S/C9H8ClN3O3S/c1-12-7(14)8(15)13(9(12)16)3-6-11-5(2-10)4-17-6/h4H,2-3H2,1H3. The molecule has 2 heterocycles. The van der Waals surface area contributed by atoms with E-state index in [1.165, 1.54) is 18.4 Å². The first-order chi connectivity index (χ1) is 8.04. The number of alkyl halides is 1. The van der Waals surface area contributed by atoms with Gasteiger partial charge in [-0.15, -0.1) is 22.9 Å². The molecule has 1 aliphatic rings. The maximum absolute atomic E-state index is 11.6. The zero-order valence-corrected chi connectivity index (χ0v) is 10.4. The highest BCUT2D eigenvalue weighted by molar-refractivity contribution is 7.09. The summed E-state index contributed by atoms with van der Waals surface area (Å²) in [5.74, 6) is -1.36. The molecule has 0 atom stereocenters. The second-order valence-electron chi connectivity index (χ2n) is 3.40. The largest absolute Gasteiger partial charge is 0.334 e. The summed E-state index contributed by atoms with van der Waals surface area (Å²) in [5.41, 5.74) is 0.686. The number of hydrogen-bond acceptors (Lipinski definition) is 5. The van der Waals surface area contributed by atoms with Crippen molar-refractivity contribution in [1.82, 2.24) is 14.8 Å². The fourth-order valence-corrected chi connectivity index (χ4v) is 2.38. The lowest BCUT2D eigenvalue weighted by atomic mass is 10.5. The Kier molecular flexibility index (Phi) is 3.12. The Balaban J connectivity index is 2.16. The van der Waals surface area contributed by atoms with Gasteiger partial charge in [-0.1, -0.05) is 0 Å². The number of carbonyl (C=O) groups excluding carboxylic acids is 3. The summed E-state index contributed by atoms with van der Waals surface area (Å²) >= 11 is 6.89. The molecule has 17 heavy (non-hydrogen) atoms. The first-order valence-electron chi connectivity index (χ1n) is 4.67. The van der Waals surface area contributed by atoms with Crippen molar-refractivity contribution in [2.24, 2.45) is 0 Å². The van der Waals surface area contributed by atoms with Crippen molar-refractivity contribution in [2.45, 2.75) is 12.4 Å². The van der Waals surface area contributed by atoms with Crippen LogP contribution in [0.25, 0.3) is 0 Å². The maximum Gasteiger partial charge on any atom is 0.334 e. The third-order valence-corrected chi connectivity index (χ3v) is 3.44. The third kappa shape index (κ3) is 2.03. The topological polar surface area (TPSA) is 70.6 Å². The Morgan fingerprint density at radius 1 is 1.35 bits per heavy atom. The molecular formula is C9H8ClN3O3S. The van der Waals surface area contributed by atoms with E-state index in [0.29, 0.717) is 10.7 Å². The molecule has 0 spiro atoms. The Morgan fingerprint density at radius 3 is 2.53 bits per heavy atom. The van der Waals surface area contributed by atoms with Crippen molar-refractivity contribution in [3.05, 3.63) is 16.1 Å². The molecule has 0 unspecified atom stereocenters. The Morgan fingerprint density at radius 2 is 2.06 bits per heavy atom. The molecule has 0 N–H and O–H groups in total. The first kappa shape index (κ1) is 12.0. The number of hydrogen-bond donors (Lipinski definition) is 0. The van der Waals surface area contributed by atoms with Crippen LogP contribution in [0, 0.1) is 0 Å². The molecule has 1 aromatic heterocycles. The number of amides is 4. The zero-order valence-electron chi connectivity index (χ0n) is 8.84. The molecule has 4 amide bonds. The van der Waals surface area contributed by atoms with Gasteiger partial charge >= 0.3 is 17.8 Å². The Labute approximate surface area is 106 Å². The Bertz CT molecular complexity index is 501. The molecule has 90 valence electrons. The van der Waals surface area contributed by atoms with E-state index in [1.54, 1.807) is 5.38 Å². The van der Waals surface area contributed by atoms with E-state index in [2.05, 4.69) is 4.98 Å². The Hall–Kier alpha value is -1.47. The predicted octanol–water partition coefficient (Wildman–Crippen LogP) is 0.802. The van der Waals surface area contributed by atoms with E-state index in [0.717, 1.165) is 9.80 Å². The molecule has 0 radical (unpaired) electrons. The van der Waals surface area contributed by atoms with Crippen molar-refractivity contribution in [3.8, 4) is 0 Å². The summed E-state index contributed by atoms with van der Waals surface area (Å²) in [6.07, 6.45) is 0. The summed E-state index contributed by atoms with van der Waals surface area (Å²) < 4.78 is 0. The number of carbonyl (C=O) groups is 3. The maximum atomic E-state index is 11.6. The number of urea groups is 1. The number of nitrogens with zero attached hydrogens (tertiary/aromatic N) is 3. The second-order valence-corrected chi connectivity index (χ2v) is 4.61. The monoisotopic (exact) mass is 273 g/mol. The lowest BCUT2D eigenvalue weighted by Gasteiger charge is -2.10. The van der Waals surface area contributed by atoms with E-state index < -0.39 is 17.8 Å². The lowest BCUT2D eigenvalue weighted by Crippen LogP contribution is -2.30. The van der Waals surface area contributed by atoms with Crippen molar-refractivity contribution >= 4 is 40.8 Å². The molecule has 0 saturated carbocycles. The average molecular weight is 274 g/mol. The van der Waals surface area contributed by atoms with Crippen LogP contribution in [0.4, 0.5) is 4.79 Å². The number of imide groups is 2. The van der Waals surface area contributed by atoms with Crippen LogP contribution in [-0.4, -0.2) is 39.7 Å². The highest BCUT2D eigenvalue weighted by Gasteiger charge is 2.42. The molecule has 2 rings (SSSR count). The highest BCUT2D eigenvalue weighted by atomic mass is 35.5. The number of likely N-dealkylation sites (N-methyl/N-ethyl adjacent to an activating group) is 1. The number of thiazole rings is 1. The van der Waals surface area contributed by atoms with Crippen LogP contribution in [0.3, 0.4) is 0 Å². The fourth-order valence-electron chi connectivity index (χ4n) is 1.37. The smallest absolute Gasteiger partial charge is 0.263 e. The molecular weight excluding hydrogens is 266 g/mol. The van der Waals surface area contributed by atoms with Gasteiger partial charge in [0.25, 0.3) is 0 Å². The van der Waals surface area contributed by atoms with Crippen molar-refractivity contribution < 1.29 is 14.4 Å². The summed E-state index contributed by atoms with van der Waals surface area (Å²) in [6, 6.07) is -0.623. The van der Waals surface area contributed by atoms with E-state index in [4.69, 9.17) is 11.6 Å². The molecule has 1 aromatic rings. The third-order valence-electron chi connectivity index (χ3n) is 2.28. The van der Waals surface area contributed by atoms with Gasteiger partial charge in [0, 0.05) is 12.4 Å². The number of aromatic nitrogens is 1. The summed E-state index contributed by atoms with van der Waals surface area (Å²) in [4.78, 5) is 40.1. The molecule has 1 saturated heterocycles. The zero-order chi connectivity index (χ0) is 12.6. The van der Waals surface area contributed by atoms with E-state index >= 15 is 0 Å². The van der Waals surface area contributed by atoms with Crippen molar-refractivity contribution in [3.63, 3.8) is 0 Å². The van der Waals surface area contributed by atoms with Crippen LogP contribution in [0.5, 0.6) is 0 Å². The fraction of sp³-hybridized carbons (Fsp3) is 0.333. The minimum Gasteiger partial charge on any atom is -0.263 e. The van der Waals surface area contributed by atoms with Crippen LogP contribution >= 0.6 is 22.9 Å². The first-order valence-corrected chi connectivity index (χ1v) is 6.08. The van der Waals surface area contributed by atoms with Crippen molar-refractivity contribution in [2.75, 3.05) is 7.05 Å². The predicted molar refractivity (Wildman–Crippen MR) is 60.4 cm³/mol. The van der Waals surface area contributed by atoms with Gasteiger partial charge in [0.15, 0.2) is 0 Å². The molecule has 6 nitrogen and oxygen atoms in total. The van der Waals surface area contributed by atoms with Gasteiger partial charge in [0.1, 0.15) is 5.01 Å². The summed E-state index contributed by atoms with van der Waals surface area (Å²) in [7, 11) is 1.27. The molecule has 0 aliphatic carbocycles. The number of rotatable bonds is 3. The van der Waals surface area contributed by atoms with Crippen LogP contribution in [0.1, 0.15) is 10.7 Å². The summed E-state index contributed by atoms with van der Waals surface area (Å²) in [6.45, 7) is 0.00923. The lowest BCUT2D eigenvalue weighted by molar-refractivity contribution is -0.143. The molecule has 8 heteroatoms. The average Bonchev–Trinajstić information content (AvgIpc) is 2.85. The van der Waals surface area contributed by atoms with Gasteiger partial charge in [0.05, 0.1) is 18.1 Å². The van der Waals surface area contributed by atoms with Gasteiger partial charge in [-0.3, -0.25) is 14.5 Å². The molecule has 1 fully saturated rings. The minimum atomic E-state index is -0.819. The summed E-state index contributed by atoms with van der Waals surface area (Å²) in [5, 5.41) is 2.32. The van der Waals surface area contributed by atoms with Crippen LogP contribution in [-0.2, 0) is 22.0 Å². The van der Waals surface area contributed by atoms with E-state index in [9.17, 15) is 14.4 Å².